The zero-order chi connectivity index (χ0) is 19.1. The summed E-state index contributed by atoms with van der Waals surface area (Å²) in [7, 11) is 0. The van der Waals surface area contributed by atoms with Crippen LogP contribution in [0.25, 0.3) is 0 Å². The monoisotopic (exact) mass is 391 g/mol. The first-order valence-corrected chi connectivity index (χ1v) is 9.27. The number of likely N-dealkylation sites (tertiary alicyclic amines) is 1. The summed E-state index contributed by atoms with van der Waals surface area (Å²) in [6.45, 7) is 0.109. The predicted molar refractivity (Wildman–Crippen MR) is 87.5 cm³/mol. The average Bonchev–Trinajstić information content (AvgIpc) is 2.93. The molecule has 2 aliphatic heterocycles. The van der Waals surface area contributed by atoms with Crippen molar-refractivity contribution in [3.63, 3.8) is 0 Å². The molecule has 2 fully saturated rings. The Labute approximate surface area is 151 Å². The summed E-state index contributed by atoms with van der Waals surface area (Å²) in [5, 5.41) is 9.49. The molecule has 3 rings (SSSR count). The highest BCUT2D eigenvalue weighted by Crippen LogP contribution is 2.46. The van der Waals surface area contributed by atoms with Gasteiger partial charge >= 0.3 is 12.1 Å². The summed E-state index contributed by atoms with van der Waals surface area (Å²) in [5.41, 5.74) is -2.47. The molecular weight excluding hydrogens is 374 g/mol. The molecule has 26 heavy (non-hydrogen) atoms. The standard InChI is InChI=1S/C17H17F4NO3S/c18-10-1-2-11(12(7-10)17(19,20)21)14(23)22-9-16(3-5-26-6-4-16)8-13(22)15(24)25/h1-2,7,13H,3-6,8-9H2,(H,24,25). The van der Waals surface area contributed by atoms with Crippen molar-refractivity contribution in [2.45, 2.75) is 31.5 Å². The summed E-state index contributed by atoms with van der Waals surface area (Å²) in [4.78, 5) is 25.4. The second kappa shape index (κ2) is 6.75. The Kier molecular flexibility index (Phi) is 4.94. The Morgan fingerprint density at radius 3 is 2.46 bits per heavy atom. The van der Waals surface area contributed by atoms with Crippen LogP contribution in [0.5, 0.6) is 0 Å². The molecule has 0 aromatic heterocycles. The molecule has 4 nitrogen and oxygen atoms in total. The number of hydrogen-bond acceptors (Lipinski definition) is 3. The number of amides is 1. The Morgan fingerprint density at radius 1 is 1.23 bits per heavy atom. The Morgan fingerprint density at radius 2 is 1.88 bits per heavy atom. The summed E-state index contributed by atoms with van der Waals surface area (Å²) < 4.78 is 53.0. The SMILES string of the molecule is O=C(O)C1CC2(CCSCC2)CN1C(=O)c1ccc(F)cc1C(F)(F)F. The van der Waals surface area contributed by atoms with Crippen molar-refractivity contribution in [3.05, 3.63) is 35.1 Å². The fourth-order valence-electron chi connectivity index (χ4n) is 3.75. The van der Waals surface area contributed by atoms with E-state index >= 15 is 0 Å². The number of aliphatic carboxylic acids is 1. The van der Waals surface area contributed by atoms with Crippen molar-refractivity contribution in [2.24, 2.45) is 5.41 Å². The lowest BCUT2D eigenvalue weighted by molar-refractivity contribution is -0.141. The van der Waals surface area contributed by atoms with Gasteiger partial charge in [-0.1, -0.05) is 0 Å². The van der Waals surface area contributed by atoms with Crippen molar-refractivity contribution in [1.82, 2.24) is 4.90 Å². The molecule has 2 aliphatic rings. The summed E-state index contributed by atoms with van der Waals surface area (Å²) in [6.07, 6.45) is -3.23. The summed E-state index contributed by atoms with van der Waals surface area (Å²) in [6, 6.07) is 0.658. The van der Waals surface area contributed by atoms with E-state index in [-0.39, 0.29) is 24.4 Å². The number of benzene rings is 1. The first-order valence-electron chi connectivity index (χ1n) is 8.11. The maximum absolute atomic E-state index is 13.3. The average molecular weight is 391 g/mol. The lowest BCUT2D eigenvalue weighted by Crippen LogP contribution is -2.41. The van der Waals surface area contributed by atoms with Gasteiger partial charge in [0, 0.05) is 6.54 Å². The minimum atomic E-state index is -4.91. The number of thioether (sulfide) groups is 1. The Balaban J connectivity index is 1.97. The molecule has 1 aromatic rings. The van der Waals surface area contributed by atoms with Gasteiger partial charge in [-0.25, -0.2) is 9.18 Å². The van der Waals surface area contributed by atoms with Gasteiger partial charge in [0.05, 0.1) is 11.1 Å². The summed E-state index contributed by atoms with van der Waals surface area (Å²) >= 11 is 1.74. The summed E-state index contributed by atoms with van der Waals surface area (Å²) in [5.74, 6) is -1.69. The first-order chi connectivity index (χ1) is 12.1. The normalized spacial score (nSPS) is 22.6. The molecule has 9 heteroatoms. The molecule has 0 aliphatic carbocycles. The number of alkyl halides is 3. The van der Waals surface area contributed by atoms with Crippen molar-refractivity contribution in [1.29, 1.82) is 0 Å². The van der Waals surface area contributed by atoms with E-state index in [1.165, 1.54) is 0 Å². The second-order valence-electron chi connectivity index (χ2n) is 6.79. The van der Waals surface area contributed by atoms with Crippen LogP contribution in [0.15, 0.2) is 18.2 Å². The van der Waals surface area contributed by atoms with Crippen LogP contribution < -0.4 is 0 Å². The lowest BCUT2D eigenvalue weighted by atomic mass is 9.80. The van der Waals surface area contributed by atoms with Crippen molar-refractivity contribution >= 4 is 23.6 Å². The van der Waals surface area contributed by atoms with Crippen LogP contribution >= 0.6 is 11.8 Å². The molecule has 1 N–H and O–H groups in total. The molecule has 1 unspecified atom stereocenters. The molecule has 1 atom stereocenters. The van der Waals surface area contributed by atoms with E-state index in [1.54, 1.807) is 11.8 Å². The van der Waals surface area contributed by atoms with Crippen LogP contribution in [0.1, 0.15) is 35.2 Å². The smallest absolute Gasteiger partial charge is 0.417 e. The third-order valence-corrected chi connectivity index (χ3v) is 6.11. The molecule has 1 amide bonds. The zero-order valence-corrected chi connectivity index (χ0v) is 14.5. The predicted octanol–water partition coefficient (Wildman–Crippen LogP) is 3.66. The van der Waals surface area contributed by atoms with Crippen LogP contribution in [0, 0.1) is 11.2 Å². The van der Waals surface area contributed by atoms with Gasteiger partial charge in [-0.3, -0.25) is 4.79 Å². The van der Waals surface area contributed by atoms with E-state index in [9.17, 15) is 32.3 Å². The highest BCUT2D eigenvalue weighted by molar-refractivity contribution is 7.99. The van der Waals surface area contributed by atoms with Gasteiger partial charge in [0.25, 0.3) is 5.91 Å². The third-order valence-electron chi connectivity index (χ3n) is 5.13. The quantitative estimate of drug-likeness (QED) is 0.782. The maximum atomic E-state index is 13.3. The highest BCUT2D eigenvalue weighted by Gasteiger charge is 2.50. The van der Waals surface area contributed by atoms with Gasteiger partial charge in [0.1, 0.15) is 11.9 Å². The van der Waals surface area contributed by atoms with E-state index in [0.717, 1.165) is 41.4 Å². The fraction of sp³-hybridized carbons (Fsp3) is 0.529. The van der Waals surface area contributed by atoms with Crippen LogP contribution in [0.2, 0.25) is 0 Å². The maximum Gasteiger partial charge on any atom is 0.417 e. The number of rotatable bonds is 2. The van der Waals surface area contributed by atoms with Crippen LogP contribution in [0.4, 0.5) is 17.6 Å². The van der Waals surface area contributed by atoms with Gasteiger partial charge in [-0.2, -0.15) is 24.9 Å². The minimum absolute atomic E-state index is 0.109. The number of carbonyl (C=O) groups excluding carboxylic acids is 1. The topological polar surface area (TPSA) is 57.6 Å². The molecule has 2 saturated heterocycles. The Bertz CT molecular complexity index is 731. The number of halogens is 4. The second-order valence-corrected chi connectivity index (χ2v) is 8.02. The minimum Gasteiger partial charge on any atom is -0.480 e. The van der Waals surface area contributed by atoms with Gasteiger partial charge in [-0.05, 0) is 54.4 Å². The van der Waals surface area contributed by atoms with Gasteiger partial charge in [0.2, 0.25) is 0 Å². The first kappa shape index (κ1) is 19.0. The van der Waals surface area contributed by atoms with Crippen molar-refractivity contribution in [3.8, 4) is 0 Å². The zero-order valence-electron chi connectivity index (χ0n) is 13.7. The van der Waals surface area contributed by atoms with Crippen molar-refractivity contribution in [2.75, 3.05) is 18.1 Å². The van der Waals surface area contributed by atoms with Crippen molar-refractivity contribution < 1.29 is 32.3 Å². The van der Waals surface area contributed by atoms with Gasteiger partial charge in [0.15, 0.2) is 0 Å². The molecule has 2 heterocycles. The highest BCUT2D eigenvalue weighted by atomic mass is 32.2. The molecule has 0 bridgehead atoms. The van der Waals surface area contributed by atoms with E-state index in [0.29, 0.717) is 0 Å². The number of nitrogens with zero attached hydrogens (tertiary/aromatic N) is 1. The fourth-order valence-corrected chi connectivity index (χ4v) is 5.11. The van der Waals surface area contributed by atoms with Gasteiger partial charge < -0.3 is 10.0 Å². The Hall–Kier alpha value is -1.77. The third kappa shape index (κ3) is 3.54. The van der Waals surface area contributed by atoms with E-state index < -0.39 is 41.0 Å². The molecule has 142 valence electrons. The van der Waals surface area contributed by atoms with E-state index in [4.69, 9.17) is 0 Å². The molecule has 1 aromatic carbocycles. The van der Waals surface area contributed by atoms with Crippen LogP contribution in [-0.2, 0) is 11.0 Å². The molecule has 0 radical (unpaired) electrons. The number of carbonyl (C=O) groups is 2. The molecule has 0 saturated carbocycles. The molecule has 1 spiro atoms. The lowest BCUT2D eigenvalue weighted by Gasteiger charge is -2.32. The number of carboxylic acid groups (broad SMARTS) is 1. The van der Waals surface area contributed by atoms with Crippen LogP contribution in [-0.4, -0.2) is 46.0 Å². The van der Waals surface area contributed by atoms with E-state index in [1.807, 2.05) is 0 Å². The number of hydrogen-bond donors (Lipinski definition) is 1. The number of carboxylic acids is 1. The largest absolute Gasteiger partial charge is 0.480 e. The molecular formula is C17H17F4NO3S. The van der Waals surface area contributed by atoms with Crippen LogP contribution in [0.3, 0.4) is 0 Å². The van der Waals surface area contributed by atoms with Gasteiger partial charge in [-0.15, -0.1) is 0 Å². The van der Waals surface area contributed by atoms with E-state index in [2.05, 4.69) is 0 Å².